The van der Waals surface area contributed by atoms with Crippen LogP contribution < -0.4 is 10.6 Å². The van der Waals surface area contributed by atoms with E-state index in [1.165, 1.54) is 0 Å². The number of piperidine rings is 1. The molecule has 1 aliphatic heterocycles. The van der Waals surface area contributed by atoms with E-state index >= 15 is 0 Å². The molecule has 0 atom stereocenters. The molecule has 0 aliphatic carbocycles. The van der Waals surface area contributed by atoms with E-state index in [0.717, 1.165) is 41.8 Å². The Balaban J connectivity index is 2.10. The molecular formula is C12H17BrN2O. The molecule has 1 aliphatic rings. The lowest BCUT2D eigenvalue weighted by Gasteiger charge is -2.33. The Bertz CT molecular complexity index is 362. The zero-order chi connectivity index (χ0) is 11.5. The van der Waals surface area contributed by atoms with Crippen LogP contribution >= 0.6 is 15.9 Å². The summed E-state index contributed by atoms with van der Waals surface area (Å²) in [7, 11) is 0. The normalized spacial score (nSPS) is 17.8. The smallest absolute Gasteiger partial charge is 0.0611 e. The van der Waals surface area contributed by atoms with Gasteiger partial charge in [-0.3, -0.25) is 0 Å². The first-order valence-electron chi connectivity index (χ1n) is 5.61. The molecule has 0 radical (unpaired) electrons. The van der Waals surface area contributed by atoms with E-state index in [4.69, 9.17) is 10.8 Å². The molecule has 0 amide bonds. The molecule has 0 bridgehead atoms. The number of halogens is 1. The highest BCUT2D eigenvalue weighted by Gasteiger charge is 2.19. The second kappa shape index (κ2) is 5.06. The number of nitrogens with zero attached hydrogens (tertiary/aromatic N) is 1. The van der Waals surface area contributed by atoms with Crippen LogP contribution in [0.3, 0.4) is 0 Å². The lowest BCUT2D eigenvalue weighted by atomic mass is 9.97. The van der Waals surface area contributed by atoms with Crippen LogP contribution in [0.15, 0.2) is 22.7 Å². The highest BCUT2D eigenvalue weighted by molar-refractivity contribution is 9.10. The number of nitrogen functional groups attached to an aromatic ring is 1. The molecule has 0 aromatic heterocycles. The first kappa shape index (κ1) is 11.7. The van der Waals surface area contributed by atoms with Crippen molar-refractivity contribution in [3.8, 4) is 0 Å². The molecule has 1 fully saturated rings. The van der Waals surface area contributed by atoms with Gasteiger partial charge in [-0.15, -0.1) is 0 Å². The minimum atomic E-state index is 0.307. The molecular weight excluding hydrogens is 268 g/mol. The highest BCUT2D eigenvalue weighted by Crippen LogP contribution is 2.30. The topological polar surface area (TPSA) is 49.5 Å². The predicted octanol–water partition coefficient (Wildman–Crippen LogP) is 2.24. The second-order valence-corrected chi connectivity index (χ2v) is 5.23. The standard InChI is InChI=1S/C12H17BrN2O/c13-10-1-2-11(14)12(7-10)15-5-3-9(8-16)4-6-15/h1-2,7,9,16H,3-6,8,14H2. The summed E-state index contributed by atoms with van der Waals surface area (Å²) in [6.45, 7) is 2.26. The molecule has 16 heavy (non-hydrogen) atoms. The summed E-state index contributed by atoms with van der Waals surface area (Å²) in [5.41, 5.74) is 7.90. The van der Waals surface area contributed by atoms with Gasteiger partial charge in [0.2, 0.25) is 0 Å². The molecule has 4 heteroatoms. The maximum atomic E-state index is 9.10. The van der Waals surface area contributed by atoms with Crippen molar-refractivity contribution in [3.63, 3.8) is 0 Å². The van der Waals surface area contributed by atoms with Gasteiger partial charge in [0.15, 0.2) is 0 Å². The van der Waals surface area contributed by atoms with E-state index in [2.05, 4.69) is 26.9 Å². The molecule has 1 saturated heterocycles. The first-order chi connectivity index (χ1) is 7.70. The van der Waals surface area contributed by atoms with Crippen molar-refractivity contribution in [2.45, 2.75) is 12.8 Å². The van der Waals surface area contributed by atoms with Gasteiger partial charge in [0.1, 0.15) is 0 Å². The lowest BCUT2D eigenvalue weighted by molar-refractivity contribution is 0.203. The van der Waals surface area contributed by atoms with E-state index in [9.17, 15) is 0 Å². The first-order valence-corrected chi connectivity index (χ1v) is 6.41. The molecule has 1 aromatic rings. The summed E-state index contributed by atoms with van der Waals surface area (Å²) in [6, 6.07) is 5.95. The minimum Gasteiger partial charge on any atom is -0.397 e. The van der Waals surface area contributed by atoms with Gasteiger partial charge in [-0.2, -0.15) is 0 Å². The van der Waals surface area contributed by atoms with Crippen LogP contribution in [-0.2, 0) is 0 Å². The fourth-order valence-electron chi connectivity index (χ4n) is 2.15. The molecule has 0 saturated carbocycles. The number of rotatable bonds is 2. The number of benzene rings is 1. The van der Waals surface area contributed by atoms with Gasteiger partial charge in [-0.25, -0.2) is 0 Å². The van der Waals surface area contributed by atoms with E-state index in [1.54, 1.807) is 0 Å². The Kier molecular flexibility index (Phi) is 3.71. The van der Waals surface area contributed by atoms with Crippen LogP contribution in [0.25, 0.3) is 0 Å². The van der Waals surface area contributed by atoms with Crippen LogP contribution in [0.2, 0.25) is 0 Å². The summed E-state index contributed by atoms with van der Waals surface area (Å²) < 4.78 is 1.06. The van der Waals surface area contributed by atoms with Crippen LogP contribution in [-0.4, -0.2) is 24.8 Å². The van der Waals surface area contributed by atoms with Gasteiger partial charge in [0, 0.05) is 24.2 Å². The quantitative estimate of drug-likeness (QED) is 0.819. The average Bonchev–Trinajstić information content (AvgIpc) is 2.32. The van der Waals surface area contributed by atoms with Crippen molar-refractivity contribution >= 4 is 27.3 Å². The maximum Gasteiger partial charge on any atom is 0.0611 e. The van der Waals surface area contributed by atoms with Crippen molar-refractivity contribution < 1.29 is 5.11 Å². The predicted molar refractivity (Wildman–Crippen MR) is 70.6 cm³/mol. The second-order valence-electron chi connectivity index (χ2n) is 4.32. The van der Waals surface area contributed by atoms with Crippen molar-refractivity contribution in [1.82, 2.24) is 0 Å². The zero-order valence-corrected chi connectivity index (χ0v) is 10.8. The summed E-state index contributed by atoms with van der Waals surface area (Å²) in [5.74, 6) is 0.463. The Morgan fingerprint density at radius 2 is 2.06 bits per heavy atom. The van der Waals surface area contributed by atoms with Crippen LogP contribution in [0, 0.1) is 5.92 Å². The monoisotopic (exact) mass is 284 g/mol. The largest absolute Gasteiger partial charge is 0.397 e. The summed E-state index contributed by atoms with van der Waals surface area (Å²) in [6.07, 6.45) is 2.09. The van der Waals surface area contributed by atoms with Crippen molar-refractivity contribution in [1.29, 1.82) is 0 Å². The summed E-state index contributed by atoms with van der Waals surface area (Å²) >= 11 is 3.47. The third kappa shape index (κ3) is 2.50. The van der Waals surface area contributed by atoms with Crippen LogP contribution in [0.5, 0.6) is 0 Å². The fourth-order valence-corrected chi connectivity index (χ4v) is 2.50. The number of hydrogen-bond donors (Lipinski definition) is 2. The molecule has 1 aromatic carbocycles. The average molecular weight is 285 g/mol. The molecule has 88 valence electrons. The third-order valence-electron chi connectivity index (χ3n) is 3.21. The fraction of sp³-hybridized carbons (Fsp3) is 0.500. The van der Waals surface area contributed by atoms with Crippen molar-refractivity contribution in [2.75, 3.05) is 30.3 Å². The van der Waals surface area contributed by atoms with E-state index in [0.29, 0.717) is 12.5 Å². The Morgan fingerprint density at radius 3 is 2.69 bits per heavy atom. The number of hydrogen-bond acceptors (Lipinski definition) is 3. The van der Waals surface area contributed by atoms with Gasteiger partial charge < -0.3 is 15.7 Å². The number of aliphatic hydroxyl groups excluding tert-OH is 1. The SMILES string of the molecule is Nc1ccc(Br)cc1N1CCC(CO)CC1. The molecule has 2 rings (SSSR count). The zero-order valence-electron chi connectivity index (χ0n) is 9.19. The van der Waals surface area contributed by atoms with Gasteiger partial charge in [0.05, 0.1) is 11.4 Å². The van der Waals surface area contributed by atoms with E-state index < -0.39 is 0 Å². The highest BCUT2D eigenvalue weighted by atomic mass is 79.9. The maximum absolute atomic E-state index is 9.10. The van der Waals surface area contributed by atoms with Crippen molar-refractivity contribution in [3.05, 3.63) is 22.7 Å². The summed E-state index contributed by atoms with van der Waals surface area (Å²) in [5, 5.41) is 9.10. The number of anilines is 2. The lowest BCUT2D eigenvalue weighted by Crippen LogP contribution is -2.35. The molecule has 1 heterocycles. The molecule has 0 spiro atoms. The third-order valence-corrected chi connectivity index (χ3v) is 3.70. The van der Waals surface area contributed by atoms with Gasteiger partial charge in [0.25, 0.3) is 0 Å². The Morgan fingerprint density at radius 1 is 1.38 bits per heavy atom. The van der Waals surface area contributed by atoms with Gasteiger partial charge in [-0.05, 0) is 37.0 Å². The van der Waals surface area contributed by atoms with Gasteiger partial charge >= 0.3 is 0 Å². The van der Waals surface area contributed by atoms with Gasteiger partial charge in [-0.1, -0.05) is 15.9 Å². The summed E-state index contributed by atoms with van der Waals surface area (Å²) in [4.78, 5) is 2.30. The number of nitrogens with two attached hydrogens (primary N) is 1. The molecule has 3 nitrogen and oxygen atoms in total. The Hall–Kier alpha value is -0.740. The van der Waals surface area contributed by atoms with Crippen molar-refractivity contribution in [2.24, 2.45) is 5.92 Å². The molecule has 3 N–H and O–H groups in total. The van der Waals surface area contributed by atoms with Crippen LogP contribution in [0.4, 0.5) is 11.4 Å². The number of aliphatic hydroxyl groups is 1. The van der Waals surface area contributed by atoms with Crippen LogP contribution in [0.1, 0.15) is 12.8 Å². The minimum absolute atomic E-state index is 0.307. The Labute approximate surface area is 104 Å². The molecule has 0 unspecified atom stereocenters. The van der Waals surface area contributed by atoms with E-state index in [1.807, 2.05) is 12.1 Å². The van der Waals surface area contributed by atoms with E-state index in [-0.39, 0.29) is 0 Å².